The molecular formula is C20H18N4O3S. The molecule has 1 aromatic heterocycles. The van der Waals surface area contributed by atoms with Gasteiger partial charge in [0, 0.05) is 5.56 Å². The van der Waals surface area contributed by atoms with Crippen molar-refractivity contribution in [3.05, 3.63) is 64.7 Å². The fraction of sp³-hybridized carbons (Fsp3) is 0.200. The quantitative estimate of drug-likeness (QED) is 0.718. The van der Waals surface area contributed by atoms with Crippen LogP contribution in [-0.2, 0) is 17.8 Å². The highest BCUT2D eigenvalue weighted by Gasteiger charge is 2.25. The Balaban J connectivity index is 1.46. The van der Waals surface area contributed by atoms with Gasteiger partial charge in [-0.3, -0.25) is 14.9 Å². The number of nitrogens with one attached hydrogen (secondary N) is 1. The van der Waals surface area contributed by atoms with Gasteiger partial charge in [-0.1, -0.05) is 42.5 Å². The number of carbonyl (C=O) groups is 2. The zero-order chi connectivity index (χ0) is 19.5. The Kier molecular flexibility index (Phi) is 5.03. The molecule has 3 aromatic rings. The summed E-state index contributed by atoms with van der Waals surface area (Å²) >= 11 is 1.37. The van der Waals surface area contributed by atoms with Crippen molar-refractivity contribution in [2.24, 2.45) is 0 Å². The largest absolute Gasteiger partial charge is 0.482 e. The smallest absolute Gasteiger partial charge is 0.265 e. The van der Waals surface area contributed by atoms with Gasteiger partial charge in [0.15, 0.2) is 6.61 Å². The topological polar surface area (TPSA) is 84.4 Å². The van der Waals surface area contributed by atoms with Gasteiger partial charge in [-0.15, -0.1) is 10.2 Å². The Morgan fingerprint density at radius 3 is 2.71 bits per heavy atom. The van der Waals surface area contributed by atoms with Crippen LogP contribution in [0.4, 0.5) is 10.8 Å². The number of para-hydroxylation sites is 2. The third kappa shape index (κ3) is 3.72. The van der Waals surface area contributed by atoms with Crippen LogP contribution in [0, 0.1) is 0 Å². The second kappa shape index (κ2) is 7.77. The summed E-state index contributed by atoms with van der Waals surface area (Å²) in [7, 11) is 0. The Hall–Kier alpha value is -3.26. The van der Waals surface area contributed by atoms with E-state index in [1.165, 1.54) is 11.3 Å². The molecule has 0 aliphatic carbocycles. The van der Waals surface area contributed by atoms with Crippen LogP contribution >= 0.6 is 11.3 Å². The van der Waals surface area contributed by atoms with E-state index in [2.05, 4.69) is 15.5 Å². The van der Waals surface area contributed by atoms with Gasteiger partial charge in [0.1, 0.15) is 10.8 Å². The molecule has 2 aromatic carbocycles. The molecule has 2 heterocycles. The number of aryl methyl sites for hydroxylation is 1. The van der Waals surface area contributed by atoms with E-state index < -0.39 is 0 Å². The van der Waals surface area contributed by atoms with Crippen molar-refractivity contribution in [1.29, 1.82) is 0 Å². The molecule has 0 spiro atoms. The lowest BCUT2D eigenvalue weighted by Gasteiger charge is -2.29. The average molecular weight is 394 g/mol. The third-order valence-electron chi connectivity index (χ3n) is 4.35. The van der Waals surface area contributed by atoms with E-state index in [1.54, 1.807) is 17.0 Å². The second-order valence-electron chi connectivity index (χ2n) is 6.24. The number of fused-ring (bicyclic) bond motifs is 1. The summed E-state index contributed by atoms with van der Waals surface area (Å²) in [5, 5.41) is 12.1. The molecule has 7 nitrogen and oxygen atoms in total. The lowest BCUT2D eigenvalue weighted by atomic mass is 10.1. The molecule has 0 radical (unpaired) electrons. The normalized spacial score (nSPS) is 13.0. The average Bonchev–Trinajstić information content (AvgIpc) is 3.18. The number of carbonyl (C=O) groups excluding carboxylic acids is 2. The number of aromatic nitrogens is 2. The highest BCUT2D eigenvalue weighted by molar-refractivity contribution is 7.15. The van der Waals surface area contributed by atoms with E-state index in [0.29, 0.717) is 23.0 Å². The molecule has 1 aliphatic rings. The SMILES string of the molecule is CCc1nnc(NC(=O)c2ccc(CN3C(=O)COc4ccccc43)cc2)s1. The van der Waals surface area contributed by atoms with E-state index in [1.807, 2.05) is 43.3 Å². The third-order valence-corrected chi connectivity index (χ3v) is 5.34. The van der Waals surface area contributed by atoms with E-state index in [0.717, 1.165) is 22.7 Å². The van der Waals surface area contributed by atoms with Gasteiger partial charge >= 0.3 is 0 Å². The van der Waals surface area contributed by atoms with Crippen LogP contribution in [0.1, 0.15) is 27.9 Å². The van der Waals surface area contributed by atoms with Crippen LogP contribution < -0.4 is 15.0 Å². The fourth-order valence-corrected chi connectivity index (χ4v) is 3.56. The van der Waals surface area contributed by atoms with Gasteiger partial charge < -0.3 is 9.64 Å². The molecule has 0 atom stereocenters. The van der Waals surface area contributed by atoms with Crippen molar-refractivity contribution in [3.63, 3.8) is 0 Å². The van der Waals surface area contributed by atoms with Crippen LogP contribution in [0.5, 0.6) is 5.75 Å². The molecular weight excluding hydrogens is 376 g/mol. The van der Waals surface area contributed by atoms with E-state index in [9.17, 15) is 9.59 Å². The molecule has 0 unspecified atom stereocenters. The van der Waals surface area contributed by atoms with Gasteiger partial charge in [-0.05, 0) is 36.2 Å². The summed E-state index contributed by atoms with van der Waals surface area (Å²) in [6.07, 6.45) is 0.783. The van der Waals surface area contributed by atoms with Crippen LogP contribution in [-0.4, -0.2) is 28.6 Å². The summed E-state index contributed by atoms with van der Waals surface area (Å²) in [6, 6.07) is 14.6. The minimum Gasteiger partial charge on any atom is -0.482 e. The molecule has 2 amide bonds. The first-order valence-electron chi connectivity index (χ1n) is 8.89. The number of benzene rings is 2. The molecule has 4 rings (SSSR count). The second-order valence-corrected chi connectivity index (χ2v) is 7.30. The first-order chi connectivity index (χ1) is 13.6. The number of anilines is 2. The number of rotatable bonds is 5. The zero-order valence-electron chi connectivity index (χ0n) is 15.2. The molecule has 0 bridgehead atoms. The monoisotopic (exact) mass is 394 g/mol. The zero-order valence-corrected chi connectivity index (χ0v) is 16.0. The standard InChI is InChI=1S/C20H18N4O3S/c1-2-17-22-23-20(28-17)21-19(26)14-9-7-13(8-10-14)11-24-15-5-3-4-6-16(15)27-12-18(24)25/h3-10H,2,11-12H2,1H3,(H,21,23,26). The van der Waals surface area contributed by atoms with Gasteiger partial charge in [0.05, 0.1) is 12.2 Å². The Bertz CT molecular complexity index is 1020. The van der Waals surface area contributed by atoms with Crippen molar-refractivity contribution >= 4 is 34.0 Å². The van der Waals surface area contributed by atoms with Crippen molar-refractivity contribution in [3.8, 4) is 5.75 Å². The van der Waals surface area contributed by atoms with Gasteiger partial charge in [-0.25, -0.2) is 0 Å². The summed E-state index contributed by atoms with van der Waals surface area (Å²) in [6.45, 7) is 2.43. The lowest BCUT2D eigenvalue weighted by molar-refractivity contribution is -0.121. The summed E-state index contributed by atoms with van der Waals surface area (Å²) in [5.41, 5.74) is 2.19. The first-order valence-corrected chi connectivity index (χ1v) is 9.70. The number of nitrogens with zero attached hydrogens (tertiary/aromatic N) is 3. The predicted octanol–water partition coefficient (Wildman–Crippen LogP) is 3.28. The lowest BCUT2D eigenvalue weighted by Crippen LogP contribution is -2.38. The van der Waals surface area contributed by atoms with Gasteiger partial charge in [0.2, 0.25) is 5.13 Å². The van der Waals surface area contributed by atoms with E-state index in [4.69, 9.17) is 4.74 Å². The van der Waals surface area contributed by atoms with Gasteiger partial charge in [0.25, 0.3) is 11.8 Å². The first kappa shape index (κ1) is 18.1. The fourth-order valence-electron chi connectivity index (χ4n) is 2.89. The summed E-state index contributed by atoms with van der Waals surface area (Å²) in [4.78, 5) is 26.4. The van der Waals surface area contributed by atoms with Crippen molar-refractivity contribution in [2.45, 2.75) is 19.9 Å². The van der Waals surface area contributed by atoms with Crippen molar-refractivity contribution in [2.75, 3.05) is 16.8 Å². The number of hydrogen-bond acceptors (Lipinski definition) is 6. The molecule has 1 aliphatic heterocycles. The summed E-state index contributed by atoms with van der Waals surface area (Å²) < 4.78 is 5.47. The maximum absolute atomic E-state index is 12.4. The Morgan fingerprint density at radius 1 is 1.18 bits per heavy atom. The van der Waals surface area contributed by atoms with Crippen molar-refractivity contribution < 1.29 is 14.3 Å². The molecule has 0 fully saturated rings. The Labute approximate surface area is 166 Å². The molecule has 142 valence electrons. The molecule has 0 saturated heterocycles. The number of hydrogen-bond donors (Lipinski definition) is 1. The minimum atomic E-state index is -0.238. The van der Waals surface area contributed by atoms with E-state index >= 15 is 0 Å². The molecule has 8 heteroatoms. The molecule has 0 saturated carbocycles. The van der Waals surface area contributed by atoms with Crippen LogP contribution in [0.25, 0.3) is 0 Å². The highest BCUT2D eigenvalue weighted by atomic mass is 32.1. The highest BCUT2D eigenvalue weighted by Crippen LogP contribution is 2.32. The number of ether oxygens (including phenoxy) is 1. The van der Waals surface area contributed by atoms with Crippen LogP contribution in [0.2, 0.25) is 0 Å². The van der Waals surface area contributed by atoms with Gasteiger partial charge in [-0.2, -0.15) is 0 Å². The predicted molar refractivity (Wildman–Crippen MR) is 107 cm³/mol. The van der Waals surface area contributed by atoms with Crippen molar-refractivity contribution in [1.82, 2.24) is 10.2 Å². The molecule has 28 heavy (non-hydrogen) atoms. The summed E-state index contributed by atoms with van der Waals surface area (Å²) in [5.74, 6) is 0.364. The minimum absolute atomic E-state index is 0.0269. The molecule has 1 N–H and O–H groups in total. The van der Waals surface area contributed by atoms with E-state index in [-0.39, 0.29) is 18.4 Å². The maximum Gasteiger partial charge on any atom is 0.265 e. The number of amides is 2. The maximum atomic E-state index is 12.4. The van der Waals surface area contributed by atoms with Crippen LogP contribution in [0.15, 0.2) is 48.5 Å². The van der Waals surface area contributed by atoms with Crippen LogP contribution in [0.3, 0.4) is 0 Å². The Morgan fingerprint density at radius 2 is 1.96 bits per heavy atom.